The van der Waals surface area contributed by atoms with Crippen molar-refractivity contribution in [2.75, 3.05) is 31.1 Å². The van der Waals surface area contributed by atoms with Crippen molar-refractivity contribution < 1.29 is 0 Å². The van der Waals surface area contributed by atoms with E-state index in [0.29, 0.717) is 0 Å². The van der Waals surface area contributed by atoms with E-state index in [0.717, 1.165) is 10.5 Å². The van der Waals surface area contributed by atoms with Gasteiger partial charge >= 0.3 is 0 Å². The van der Waals surface area contributed by atoms with Gasteiger partial charge in [0.05, 0.1) is 10.2 Å². The Hall–Kier alpha value is -0.610. The summed E-state index contributed by atoms with van der Waals surface area (Å²) in [7, 11) is 0. The maximum absolute atomic E-state index is 4.15. The smallest absolute Gasteiger partial charge is 0.0592 e. The van der Waals surface area contributed by atoms with Gasteiger partial charge in [0.25, 0.3) is 0 Å². The third-order valence-corrected chi connectivity index (χ3v) is 5.07. The fraction of sp³-hybridized carbons (Fsp3) is 0.667. The van der Waals surface area contributed by atoms with Gasteiger partial charge in [-0.15, -0.1) is 0 Å². The normalized spacial score (nSPS) is 22.7. The molecular formula is C15H22BrN3. The average molecular weight is 324 g/mol. The molecular weight excluding hydrogens is 302 g/mol. The Morgan fingerprint density at radius 1 is 1.05 bits per heavy atom. The van der Waals surface area contributed by atoms with Crippen LogP contribution in [0.4, 0.5) is 5.69 Å². The Morgan fingerprint density at radius 3 is 2.47 bits per heavy atom. The van der Waals surface area contributed by atoms with E-state index in [4.69, 9.17) is 0 Å². The second kappa shape index (κ2) is 6.23. The van der Waals surface area contributed by atoms with Crippen molar-refractivity contribution in [1.29, 1.82) is 0 Å². The number of likely N-dealkylation sites (tertiary alicyclic amines) is 1. The summed E-state index contributed by atoms with van der Waals surface area (Å²) in [6.07, 6.45) is 10.6. The minimum Gasteiger partial charge on any atom is -0.370 e. The fourth-order valence-corrected chi connectivity index (χ4v) is 3.88. The van der Waals surface area contributed by atoms with Crippen LogP contribution in [0.5, 0.6) is 0 Å². The molecule has 0 saturated carbocycles. The van der Waals surface area contributed by atoms with Crippen LogP contribution >= 0.6 is 15.9 Å². The largest absolute Gasteiger partial charge is 0.370 e. The summed E-state index contributed by atoms with van der Waals surface area (Å²) in [5.41, 5.74) is 1.30. The van der Waals surface area contributed by atoms with Crippen LogP contribution in [0.15, 0.2) is 22.9 Å². The zero-order valence-corrected chi connectivity index (χ0v) is 13.0. The minimum absolute atomic E-state index is 0.817. The van der Waals surface area contributed by atoms with E-state index in [-0.39, 0.29) is 0 Å². The molecule has 0 amide bonds. The first kappa shape index (κ1) is 13.4. The van der Waals surface area contributed by atoms with Gasteiger partial charge in [-0.05, 0) is 60.8 Å². The summed E-state index contributed by atoms with van der Waals surface area (Å²) in [5, 5.41) is 0. The molecule has 3 heterocycles. The van der Waals surface area contributed by atoms with Crippen molar-refractivity contribution in [3.05, 3.63) is 22.9 Å². The van der Waals surface area contributed by atoms with Crippen molar-refractivity contribution in [3.8, 4) is 0 Å². The highest BCUT2D eigenvalue weighted by atomic mass is 79.9. The lowest BCUT2D eigenvalue weighted by molar-refractivity contribution is 0.141. The Labute approximate surface area is 124 Å². The maximum atomic E-state index is 4.15. The van der Waals surface area contributed by atoms with Crippen molar-refractivity contribution >= 4 is 21.6 Å². The van der Waals surface area contributed by atoms with Crippen LogP contribution < -0.4 is 4.90 Å². The third-order valence-electron chi connectivity index (χ3n) is 4.46. The molecule has 0 N–H and O–H groups in total. The van der Waals surface area contributed by atoms with Crippen LogP contribution in [-0.2, 0) is 0 Å². The van der Waals surface area contributed by atoms with Gasteiger partial charge in [-0.1, -0.05) is 6.42 Å². The molecule has 104 valence electrons. The number of aromatic nitrogens is 1. The molecule has 0 aromatic carbocycles. The van der Waals surface area contributed by atoms with Crippen molar-refractivity contribution in [2.24, 2.45) is 0 Å². The second-order valence-corrected chi connectivity index (χ2v) is 6.50. The number of hydrogen-bond donors (Lipinski definition) is 0. The number of halogens is 1. The van der Waals surface area contributed by atoms with Crippen LogP contribution in [-0.4, -0.2) is 42.1 Å². The quantitative estimate of drug-likeness (QED) is 0.832. The maximum Gasteiger partial charge on any atom is 0.0592 e. The van der Waals surface area contributed by atoms with E-state index in [9.17, 15) is 0 Å². The van der Waals surface area contributed by atoms with Gasteiger partial charge in [0, 0.05) is 31.5 Å². The number of piperidine rings is 2. The molecule has 0 aliphatic carbocycles. The lowest BCUT2D eigenvalue weighted by atomic mass is 9.99. The number of anilines is 1. The van der Waals surface area contributed by atoms with Crippen LogP contribution in [0.2, 0.25) is 0 Å². The van der Waals surface area contributed by atoms with Gasteiger partial charge in [-0.2, -0.15) is 0 Å². The zero-order valence-electron chi connectivity index (χ0n) is 11.4. The van der Waals surface area contributed by atoms with E-state index in [1.165, 1.54) is 64.0 Å². The van der Waals surface area contributed by atoms with Crippen LogP contribution in [0, 0.1) is 0 Å². The Bertz CT molecular complexity index is 410. The molecule has 3 rings (SSSR count). The van der Waals surface area contributed by atoms with Crippen molar-refractivity contribution in [3.63, 3.8) is 0 Å². The highest BCUT2D eigenvalue weighted by Gasteiger charge is 2.26. The van der Waals surface area contributed by atoms with Gasteiger partial charge in [-0.25, -0.2) is 0 Å². The summed E-state index contributed by atoms with van der Waals surface area (Å²) < 4.78 is 1.12. The lowest BCUT2D eigenvalue weighted by Crippen LogP contribution is -2.46. The zero-order chi connectivity index (χ0) is 13.1. The first-order valence-corrected chi connectivity index (χ1v) is 8.22. The topological polar surface area (TPSA) is 19.4 Å². The molecule has 0 spiro atoms. The molecule has 0 atom stereocenters. The van der Waals surface area contributed by atoms with E-state index < -0.39 is 0 Å². The molecule has 1 aromatic rings. The molecule has 19 heavy (non-hydrogen) atoms. The molecule has 1 aromatic heterocycles. The van der Waals surface area contributed by atoms with Crippen molar-refractivity contribution in [2.45, 2.75) is 38.1 Å². The molecule has 2 saturated heterocycles. The Morgan fingerprint density at radius 2 is 1.79 bits per heavy atom. The number of hydrogen-bond acceptors (Lipinski definition) is 3. The summed E-state index contributed by atoms with van der Waals surface area (Å²) >= 11 is 3.61. The van der Waals surface area contributed by atoms with E-state index in [2.05, 4.69) is 36.8 Å². The van der Waals surface area contributed by atoms with E-state index in [1.54, 1.807) is 0 Å². The van der Waals surface area contributed by atoms with Gasteiger partial charge < -0.3 is 9.80 Å². The molecule has 0 unspecified atom stereocenters. The van der Waals surface area contributed by atoms with Gasteiger partial charge in [-0.3, -0.25) is 4.98 Å². The standard InChI is InChI=1S/C15H22BrN3/c16-14-12-17-7-4-15(14)19-10-5-13(6-11-19)18-8-2-1-3-9-18/h4,7,12-13H,1-3,5-6,8-11H2. The molecule has 3 nitrogen and oxygen atoms in total. The van der Waals surface area contributed by atoms with Gasteiger partial charge in [0.2, 0.25) is 0 Å². The minimum atomic E-state index is 0.817. The lowest BCUT2D eigenvalue weighted by Gasteiger charge is -2.41. The van der Waals surface area contributed by atoms with Crippen LogP contribution in [0.3, 0.4) is 0 Å². The van der Waals surface area contributed by atoms with E-state index >= 15 is 0 Å². The Balaban J connectivity index is 1.58. The summed E-state index contributed by atoms with van der Waals surface area (Å²) in [6.45, 7) is 4.99. The first-order valence-electron chi connectivity index (χ1n) is 7.43. The molecule has 2 aliphatic heterocycles. The highest BCUT2D eigenvalue weighted by molar-refractivity contribution is 9.10. The number of nitrogens with zero attached hydrogens (tertiary/aromatic N) is 3. The predicted octanol–water partition coefficient (Wildman–Crippen LogP) is 3.30. The summed E-state index contributed by atoms with van der Waals surface area (Å²) in [6, 6.07) is 2.93. The number of rotatable bonds is 2. The van der Waals surface area contributed by atoms with Crippen LogP contribution in [0.25, 0.3) is 0 Å². The third kappa shape index (κ3) is 3.11. The molecule has 2 aliphatic rings. The van der Waals surface area contributed by atoms with E-state index in [1.807, 2.05) is 12.4 Å². The first-order chi connectivity index (χ1) is 9.34. The molecule has 4 heteroatoms. The average Bonchev–Trinajstić information content (AvgIpc) is 2.49. The van der Waals surface area contributed by atoms with Crippen molar-refractivity contribution in [1.82, 2.24) is 9.88 Å². The predicted molar refractivity (Wildman–Crippen MR) is 82.6 cm³/mol. The Kier molecular flexibility index (Phi) is 4.38. The number of pyridine rings is 1. The van der Waals surface area contributed by atoms with Crippen LogP contribution in [0.1, 0.15) is 32.1 Å². The monoisotopic (exact) mass is 323 g/mol. The second-order valence-electron chi connectivity index (χ2n) is 5.64. The molecule has 0 radical (unpaired) electrons. The molecule has 0 bridgehead atoms. The fourth-order valence-electron chi connectivity index (χ4n) is 3.38. The highest BCUT2D eigenvalue weighted by Crippen LogP contribution is 2.29. The summed E-state index contributed by atoms with van der Waals surface area (Å²) in [4.78, 5) is 9.36. The molecule has 2 fully saturated rings. The summed E-state index contributed by atoms with van der Waals surface area (Å²) in [5.74, 6) is 0. The SMILES string of the molecule is Brc1cnccc1N1CCC(N2CCCCC2)CC1. The van der Waals surface area contributed by atoms with Gasteiger partial charge in [0.1, 0.15) is 0 Å². The van der Waals surface area contributed by atoms with Gasteiger partial charge in [0.15, 0.2) is 0 Å².